The number of likely N-dealkylation sites (tertiary alicyclic amines) is 1. The van der Waals surface area contributed by atoms with Crippen LogP contribution in [-0.2, 0) is 11.3 Å². The third-order valence-electron chi connectivity index (χ3n) is 5.92. The molecule has 1 aromatic carbocycles. The lowest BCUT2D eigenvalue weighted by Crippen LogP contribution is -2.47. The first-order valence-corrected chi connectivity index (χ1v) is 8.96. The zero-order chi connectivity index (χ0) is 16.6. The van der Waals surface area contributed by atoms with Crippen molar-refractivity contribution >= 4 is 0 Å². The zero-order valence-electron chi connectivity index (χ0n) is 14.7. The fourth-order valence-electron chi connectivity index (χ4n) is 4.87. The second kappa shape index (κ2) is 6.45. The van der Waals surface area contributed by atoms with Gasteiger partial charge in [-0.15, -0.1) is 0 Å². The molecule has 24 heavy (non-hydrogen) atoms. The molecule has 2 fully saturated rings. The highest BCUT2D eigenvalue weighted by molar-refractivity contribution is 5.55. The number of ether oxygens (including phenoxy) is 4. The van der Waals surface area contributed by atoms with Crippen LogP contribution in [-0.4, -0.2) is 45.1 Å². The molecule has 1 aromatic rings. The average molecular weight is 333 g/mol. The van der Waals surface area contributed by atoms with Gasteiger partial charge in [-0.25, -0.2) is 0 Å². The predicted octanol–water partition coefficient (Wildman–Crippen LogP) is 3.21. The summed E-state index contributed by atoms with van der Waals surface area (Å²) in [6.07, 6.45) is 6.78. The molecular weight excluding hydrogens is 306 g/mol. The first-order valence-electron chi connectivity index (χ1n) is 8.96. The van der Waals surface area contributed by atoms with E-state index in [2.05, 4.69) is 17.0 Å². The van der Waals surface area contributed by atoms with Gasteiger partial charge in [-0.1, -0.05) is 6.42 Å². The van der Waals surface area contributed by atoms with E-state index in [9.17, 15) is 0 Å². The van der Waals surface area contributed by atoms with E-state index in [0.29, 0.717) is 11.5 Å². The maximum Gasteiger partial charge on any atom is 0.231 e. The molecule has 3 aliphatic rings. The molecule has 5 nitrogen and oxygen atoms in total. The van der Waals surface area contributed by atoms with Gasteiger partial charge in [0.15, 0.2) is 11.5 Å². The van der Waals surface area contributed by atoms with Crippen molar-refractivity contribution in [2.75, 3.05) is 34.1 Å². The number of hydrogen-bond donors (Lipinski definition) is 0. The van der Waals surface area contributed by atoms with Gasteiger partial charge in [0.05, 0.1) is 13.2 Å². The second-order valence-corrected chi connectivity index (χ2v) is 7.33. The van der Waals surface area contributed by atoms with Gasteiger partial charge in [-0.2, -0.15) is 0 Å². The standard InChI is InChI=1S/C19H27NO4/c1-21-15-9-14(10-16-18(15)24-13-23-16)11-20-8-4-7-19(12-20)6-3-5-17(19)22-2/h9-10,17H,3-8,11-13H2,1-2H3/t17-,19+/m1/s1. The van der Waals surface area contributed by atoms with Crippen LogP contribution in [0.2, 0.25) is 0 Å². The van der Waals surface area contributed by atoms with Crippen LogP contribution in [0.3, 0.4) is 0 Å². The summed E-state index contributed by atoms with van der Waals surface area (Å²) in [5.74, 6) is 2.29. The summed E-state index contributed by atoms with van der Waals surface area (Å²) in [6.45, 7) is 3.47. The van der Waals surface area contributed by atoms with Crippen molar-refractivity contribution in [3.05, 3.63) is 17.7 Å². The second-order valence-electron chi connectivity index (χ2n) is 7.33. The molecule has 0 amide bonds. The van der Waals surface area contributed by atoms with Crippen molar-refractivity contribution in [3.63, 3.8) is 0 Å². The predicted molar refractivity (Wildman–Crippen MR) is 90.7 cm³/mol. The maximum atomic E-state index is 5.82. The molecule has 0 N–H and O–H groups in total. The Kier molecular flexibility index (Phi) is 4.31. The quantitative estimate of drug-likeness (QED) is 0.846. The van der Waals surface area contributed by atoms with Crippen LogP contribution in [0.1, 0.15) is 37.7 Å². The zero-order valence-corrected chi connectivity index (χ0v) is 14.7. The van der Waals surface area contributed by atoms with Crippen molar-refractivity contribution < 1.29 is 18.9 Å². The van der Waals surface area contributed by atoms with Crippen molar-refractivity contribution in [2.45, 2.75) is 44.8 Å². The Morgan fingerprint density at radius 1 is 1.21 bits per heavy atom. The molecule has 0 unspecified atom stereocenters. The fourth-order valence-corrected chi connectivity index (χ4v) is 4.87. The van der Waals surface area contributed by atoms with Gasteiger partial charge in [0.1, 0.15) is 0 Å². The highest BCUT2D eigenvalue weighted by Gasteiger charge is 2.45. The molecule has 1 saturated heterocycles. The van der Waals surface area contributed by atoms with Crippen LogP contribution in [0, 0.1) is 5.41 Å². The number of nitrogens with zero attached hydrogens (tertiary/aromatic N) is 1. The lowest BCUT2D eigenvalue weighted by Gasteiger charge is -2.43. The smallest absolute Gasteiger partial charge is 0.231 e. The van der Waals surface area contributed by atoms with Crippen LogP contribution in [0.25, 0.3) is 0 Å². The summed E-state index contributed by atoms with van der Waals surface area (Å²) < 4.78 is 22.3. The van der Waals surface area contributed by atoms with Crippen molar-refractivity contribution in [3.8, 4) is 17.2 Å². The van der Waals surface area contributed by atoms with E-state index in [1.807, 2.05) is 7.11 Å². The van der Waals surface area contributed by atoms with Crippen molar-refractivity contribution in [1.82, 2.24) is 4.90 Å². The number of fused-ring (bicyclic) bond motifs is 1. The van der Waals surface area contributed by atoms with E-state index >= 15 is 0 Å². The van der Waals surface area contributed by atoms with Crippen molar-refractivity contribution in [2.24, 2.45) is 5.41 Å². The van der Waals surface area contributed by atoms with Crippen LogP contribution < -0.4 is 14.2 Å². The molecule has 2 atom stereocenters. The molecular formula is C19H27NO4. The van der Waals surface area contributed by atoms with Gasteiger partial charge in [0.25, 0.3) is 0 Å². The summed E-state index contributed by atoms with van der Waals surface area (Å²) in [5, 5.41) is 0. The lowest BCUT2D eigenvalue weighted by molar-refractivity contribution is -0.0366. The number of rotatable bonds is 4. The molecule has 0 radical (unpaired) electrons. The SMILES string of the molecule is COc1cc(CN2CCC[C@@]3(CCC[C@H]3OC)C2)cc2c1OCO2. The van der Waals surface area contributed by atoms with Crippen LogP contribution >= 0.6 is 0 Å². The van der Waals surface area contributed by atoms with Crippen LogP contribution in [0.4, 0.5) is 0 Å². The maximum absolute atomic E-state index is 5.82. The third-order valence-corrected chi connectivity index (χ3v) is 5.92. The van der Waals surface area contributed by atoms with E-state index < -0.39 is 0 Å². The summed E-state index contributed by atoms with van der Waals surface area (Å²) in [7, 11) is 3.55. The summed E-state index contributed by atoms with van der Waals surface area (Å²) >= 11 is 0. The third kappa shape index (κ3) is 2.74. The Bertz CT molecular complexity index is 605. The first kappa shape index (κ1) is 16.0. The molecule has 132 valence electrons. The van der Waals surface area contributed by atoms with E-state index in [0.717, 1.165) is 36.9 Å². The van der Waals surface area contributed by atoms with Gasteiger partial charge in [-0.05, 0) is 49.9 Å². The molecule has 1 spiro atoms. The molecule has 4 rings (SSSR count). The Morgan fingerprint density at radius 2 is 2.08 bits per heavy atom. The number of piperidine rings is 1. The first-order chi connectivity index (χ1) is 11.7. The normalized spacial score (nSPS) is 29.3. The Hall–Kier alpha value is -1.46. The van der Waals surface area contributed by atoms with Crippen LogP contribution in [0.15, 0.2) is 12.1 Å². The molecule has 1 aliphatic carbocycles. The van der Waals surface area contributed by atoms with E-state index in [4.69, 9.17) is 18.9 Å². The Balaban J connectivity index is 1.51. The number of methoxy groups -OCH3 is 2. The average Bonchev–Trinajstić information content (AvgIpc) is 3.21. The Labute approximate surface area is 143 Å². The van der Waals surface area contributed by atoms with Gasteiger partial charge < -0.3 is 18.9 Å². The Morgan fingerprint density at radius 3 is 2.92 bits per heavy atom. The fraction of sp³-hybridized carbons (Fsp3) is 0.684. The van der Waals surface area contributed by atoms with E-state index in [1.54, 1.807) is 7.11 Å². The topological polar surface area (TPSA) is 40.2 Å². The van der Waals surface area contributed by atoms with Gasteiger partial charge in [0.2, 0.25) is 12.5 Å². The number of hydrogen-bond acceptors (Lipinski definition) is 5. The van der Waals surface area contributed by atoms with E-state index in [-0.39, 0.29) is 6.79 Å². The van der Waals surface area contributed by atoms with Crippen LogP contribution in [0.5, 0.6) is 17.2 Å². The molecule has 2 aliphatic heterocycles. The molecule has 2 heterocycles. The highest BCUT2D eigenvalue weighted by Crippen LogP contribution is 2.47. The molecule has 0 aromatic heterocycles. The van der Waals surface area contributed by atoms with Gasteiger partial charge in [0, 0.05) is 25.6 Å². The molecule has 1 saturated carbocycles. The summed E-state index contributed by atoms with van der Waals surface area (Å²) in [5.41, 5.74) is 1.58. The lowest BCUT2D eigenvalue weighted by atomic mass is 9.76. The molecule has 0 bridgehead atoms. The summed E-state index contributed by atoms with van der Waals surface area (Å²) in [4.78, 5) is 2.57. The minimum atomic E-state index is 0.275. The monoisotopic (exact) mass is 333 g/mol. The highest BCUT2D eigenvalue weighted by atomic mass is 16.7. The van der Waals surface area contributed by atoms with Gasteiger partial charge in [-0.3, -0.25) is 4.90 Å². The largest absolute Gasteiger partial charge is 0.493 e. The van der Waals surface area contributed by atoms with Gasteiger partial charge >= 0.3 is 0 Å². The molecule has 5 heteroatoms. The van der Waals surface area contributed by atoms with Crippen molar-refractivity contribution in [1.29, 1.82) is 0 Å². The number of benzene rings is 1. The minimum absolute atomic E-state index is 0.275. The minimum Gasteiger partial charge on any atom is -0.493 e. The summed E-state index contributed by atoms with van der Waals surface area (Å²) in [6, 6.07) is 4.17. The van der Waals surface area contributed by atoms with E-state index in [1.165, 1.54) is 37.7 Å².